The van der Waals surface area contributed by atoms with Crippen LogP contribution in [0, 0.1) is 19.8 Å². The van der Waals surface area contributed by atoms with Crippen molar-refractivity contribution >= 4 is 38.3 Å². The van der Waals surface area contributed by atoms with Gasteiger partial charge in [0.15, 0.2) is 15.6 Å². The number of benzene rings is 1. The van der Waals surface area contributed by atoms with Gasteiger partial charge in [-0.2, -0.15) is 0 Å². The first-order valence-electron chi connectivity index (χ1n) is 10.9. The highest BCUT2D eigenvalue weighted by Gasteiger charge is 2.39. The van der Waals surface area contributed by atoms with E-state index >= 15 is 0 Å². The number of halogens is 1. The number of amides is 1. The molecule has 6 nitrogen and oxygen atoms in total. The van der Waals surface area contributed by atoms with E-state index in [0.717, 1.165) is 23.1 Å². The molecule has 1 aliphatic heterocycles. The van der Waals surface area contributed by atoms with Crippen LogP contribution in [0.5, 0.6) is 0 Å². The maximum atomic E-state index is 13.7. The molecular weight excluding hydrogens is 450 g/mol. The van der Waals surface area contributed by atoms with Crippen LogP contribution in [-0.2, 0) is 16.4 Å². The van der Waals surface area contributed by atoms with Gasteiger partial charge >= 0.3 is 0 Å². The summed E-state index contributed by atoms with van der Waals surface area (Å²) < 4.78 is 36.4. The van der Waals surface area contributed by atoms with Crippen molar-refractivity contribution in [2.45, 2.75) is 52.1 Å². The molecule has 1 aromatic carbocycles. The predicted molar refractivity (Wildman–Crippen MR) is 123 cm³/mol. The largest absolute Gasteiger partial charge is 0.464 e. The van der Waals surface area contributed by atoms with E-state index in [2.05, 4.69) is 6.92 Å². The summed E-state index contributed by atoms with van der Waals surface area (Å²) in [6, 6.07) is 7.07. The Morgan fingerprint density at radius 3 is 2.62 bits per heavy atom. The van der Waals surface area contributed by atoms with Gasteiger partial charge in [0.2, 0.25) is 0 Å². The van der Waals surface area contributed by atoms with Crippen LogP contribution in [0.3, 0.4) is 0 Å². The Balaban J connectivity index is 1.50. The van der Waals surface area contributed by atoms with Gasteiger partial charge in [-0.1, -0.05) is 18.5 Å². The van der Waals surface area contributed by atoms with Gasteiger partial charge in [-0.15, -0.1) is 0 Å². The number of hydrogen-bond donors (Lipinski definition) is 0. The Morgan fingerprint density at radius 1 is 1.22 bits per heavy atom. The Labute approximate surface area is 192 Å². The molecule has 0 spiro atoms. The summed E-state index contributed by atoms with van der Waals surface area (Å²) in [7, 11) is -3.17. The molecule has 3 aromatic rings. The van der Waals surface area contributed by atoms with Crippen LogP contribution in [-0.4, -0.2) is 36.8 Å². The summed E-state index contributed by atoms with van der Waals surface area (Å²) in [5, 5.41) is 1.39. The quantitative estimate of drug-likeness (QED) is 0.503. The fourth-order valence-corrected chi connectivity index (χ4v) is 6.52. The van der Waals surface area contributed by atoms with Crippen LogP contribution < -0.4 is 0 Å². The molecule has 0 N–H and O–H groups in total. The number of carbonyl (C=O) groups is 1. The average molecular weight is 476 g/mol. The number of sulfone groups is 1. The second-order valence-electron chi connectivity index (χ2n) is 9.27. The van der Waals surface area contributed by atoms with E-state index in [1.54, 1.807) is 4.90 Å². The van der Waals surface area contributed by atoms with E-state index in [1.807, 2.05) is 38.1 Å². The number of carbonyl (C=O) groups excluding carboxylic acids is 1. The summed E-state index contributed by atoms with van der Waals surface area (Å²) >= 11 is 6.28. The zero-order chi connectivity index (χ0) is 22.8. The first-order chi connectivity index (χ1) is 15.1. The number of aryl methyl sites for hydroxylation is 2. The smallest absolute Gasteiger partial charge is 0.290 e. The second kappa shape index (κ2) is 7.66. The minimum absolute atomic E-state index is 0.0455. The highest BCUT2D eigenvalue weighted by Crippen LogP contribution is 2.47. The Morgan fingerprint density at radius 2 is 1.97 bits per heavy atom. The monoisotopic (exact) mass is 475 g/mol. The number of rotatable bonds is 5. The lowest BCUT2D eigenvalue weighted by Gasteiger charge is -2.26. The zero-order valence-electron chi connectivity index (χ0n) is 18.4. The van der Waals surface area contributed by atoms with Gasteiger partial charge < -0.3 is 13.7 Å². The van der Waals surface area contributed by atoms with Gasteiger partial charge in [-0.05, 0) is 62.4 Å². The van der Waals surface area contributed by atoms with Gasteiger partial charge in [-0.25, -0.2) is 8.42 Å². The molecule has 2 aliphatic rings. The van der Waals surface area contributed by atoms with Crippen molar-refractivity contribution in [3.8, 4) is 0 Å². The van der Waals surface area contributed by atoms with E-state index in [0.29, 0.717) is 40.2 Å². The Bertz CT molecular complexity index is 1320. The Kier molecular flexibility index (Phi) is 5.17. The lowest BCUT2D eigenvalue weighted by Crippen LogP contribution is -2.40. The van der Waals surface area contributed by atoms with Crippen molar-refractivity contribution in [1.82, 2.24) is 4.90 Å². The van der Waals surface area contributed by atoms with E-state index in [-0.39, 0.29) is 29.7 Å². The van der Waals surface area contributed by atoms with Crippen molar-refractivity contribution in [3.05, 3.63) is 57.7 Å². The SMILES string of the molecule is Cc1cc2oc(C(=O)N(Cc3ccc(C4CC4C)o3)C3CCS(=O)(=O)C3)c(C)c2cc1Cl. The molecule has 2 aromatic heterocycles. The fourth-order valence-electron chi connectivity index (χ4n) is 4.63. The molecule has 5 rings (SSSR count). The summed E-state index contributed by atoms with van der Waals surface area (Å²) in [5.41, 5.74) is 2.16. The molecule has 0 radical (unpaired) electrons. The number of hydrogen-bond acceptors (Lipinski definition) is 5. The fraction of sp³-hybridized carbons (Fsp3) is 0.458. The standard InChI is InChI=1S/C24H26ClNO5S/c1-13-8-18(13)21-5-4-17(30-21)11-26(16-6-7-32(28,29)12-16)24(27)23-15(3)19-10-20(25)14(2)9-22(19)31-23/h4-5,9-10,13,16,18H,6-8,11-12H2,1-3H3. The van der Waals surface area contributed by atoms with Gasteiger partial charge in [0.25, 0.3) is 5.91 Å². The van der Waals surface area contributed by atoms with Gasteiger partial charge in [0.1, 0.15) is 17.1 Å². The first-order valence-corrected chi connectivity index (χ1v) is 13.1. The van der Waals surface area contributed by atoms with Crippen molar-refractivity contribution in [2.75, 3.05) is 11.5 Å². The van der Waals surface area contributed by atoms with Crippen LogP contribution in [0.25, 0.3) is 11.0 Å². The molecule has 3 heterocycles. The van der Waals surface area contributed by atoms with Crippen LogP contribution >= 0.6 is 11.6 Å². The van der Waals surface area contributed by atoms with Crippen molar-refractivity contribution < 1.29 is 22.0 Å². The van der Waals surface area contributed by atoms with Gasteiger partial charge in [0.05, 0.1) is 18.1 Å². The minimum atomic E-state index is -3.17. The highest BCUT2D eigenvalue weighted by atomic mass is 35.5. The van der Waals surface area contributed by atoms with Crippen LogP contribution in [0.1, 0.15) is 58.9 Å². The number of fused-ring (bicyclic) bond motifs is 1. The zero-order valence-corrected chi connectivity index (χ0v) is 19.9. The normalized spacial score (nSPS) is 24.2. The molecule has 8 heteroatoms. The van der Waals surface area contributed by atoms with E-state index in [4.69, 9.17) is 20.4 Å². The molecule has 2 fully saturated rings. The minimum Gasteiger partial charge on any atom is -0.464 e. The summed E-state index contributed by atoms with van der Waals surface area (Å²) in [6.07, 6.45) is 1.52. The third-order valence-corrected chi connectivity index (χ3v) is 8.96. The molecule has 1 saturated heterocycles. The predicted octanol–water partition coefficient (Wildman–Crippen LogP) is 5.25. The molecule has 0 bridgehead atoms. The topological polar surface area (TPSA) is 80.7 Å². The Hall–Kier alpha value is -2.25. The first kappa shape index (κ1) is 21.6. The molecule has 170 valence electrons. The second-order valence-corrected chi connectivity index (χ2v) is 11.9. The van der Waals surface area contributed by atoms with E-state index < -0.39 is 15.9 Å². The number of nitrogens with zero attached hydrogens (tertiary/aromatic N) is 1. The molecule has 32 heavy (non-hydrogen) atoms. The molecule has 3 unspecified atom stereocenters. The molecule has 1 aliphatic carbocycles. The van der Waals surface area contributed by atoms with Crippen LogP contribution in [0.15, 0.2) is 33.1 Å². The van der Waals surface area contributed by atoms with Crippen molar-refractivity contribution in [1.29, 1.82) is 0 Å². The van der Waals surface area contributed by atoms with Crippen LogP contribution in [0.4, 0.5) is 0 Å². The maximum Gasteiger partial charge on any atom is 0.290 e. The summed E-state index contributed by atoms with van der Waals surface area (Å²) in [6.45, 7) is 6.10. The van der Waals surface area contributed by atoms with E-state index in [1.165, 1.54) is 0 Å². The molecule has 3 atom stereocenters. The lowest BCUT2D eigenvalue weighted by molar-refractivity contribution is 0.0634. The third kappa shape index (κ3) is 3.86. The van der Waals surface area contributed by atoms with Crippen molar-refractivity contribution in [2.24, 2.45) is 5.92 Å². The average Bonchev–Trinajstić information content (AvgIpc) is 3.05. The van der Waals surface area contributed by atoms with Crippen LogP contribution in [0.2, 0.25) is 5.02 Å². The summed E-state index contributed by atoms with van der Waals surface area (Å²) in [5.74, 6) is 2.56. The molecule has 1 amide bonds. The lowest BCUT2D eigenvalue weighted by atomic mass is 10.1. The molecular formula is C24H26ClNO5S. The van der Waals surface area contributed by atoms with Gasteiger partial charge in [0, 0.05) is 27.9 Å². The van der Waals surface area contributed by atoms with Gasteiger partial charge in [-0.3, -0.25) is 4.79 Å². The maximum absolute atomic E-state index is 13.7. The molecule has 1 saturated carbocycles. The van der Waals surface area contributed by atoms with E-state index in [9.17, 15) is 13.2 Å². The number of furan rings is 2. The third-order valence-electron chi connectivity index (χ3n) is 6.81. The van der Waals surface area contributed by atoms with Crippen molar-refractivity contribution in [3.63, 3.8) is 0 Å². The highest BCUT2D eigenvalue weighted by molar-refractivity contribution is 7.91. The summed E-state index contributed by atoms with van der Waals surface area (Å²) in [4.78, 5) is 15.3.